The quantitative estimate of drug-likeness (QED) is 0.782. The van der Waals surface area contributed by atoms with E-state index in [2.05, 4.69) is 10.6 Å². The lowest BCUT2D eigenvalue weighted by Gasteiger charge is -2.09. The van der Waals surface area contributed by atoms with E-state index in [1.165, 1.54) is 14.2 Å². The Morgan fingerprint density at radius 3 is 2.32 bits per heavy atom. The second kappa shape index (κ2) is 8.49. The van der Waals surface area contributed by atoms with Gasteiger partial charge in [0, 0.05) is 18.3 Å². The van der Waals surface area contributed by atoms with Gasteiger partial charge in [0.2, 0.25) is 0 Å². The number of amides is 2. The number of rotatable bonds is 6. The predicted octanol–water partition coefficient (Wildman–Crippen LogP) is 1.85. The summed E-state index contributed by atoms with van der Waals surface area (Å²) in [5, 5.41) is 5.09. The fraction of sp³-hybridized carbons (Fsp3) is 0.167. The van der Waals surface area contributed by atoms with Gasteiger partial charge in [0.25, 0.3) is 11.8 Å². The summed E-state index contributed by atoms with van der Waals surface area (Å²) in [5.41, 5.74) is 1.21. The Labute approximate surface area is 144 Å². The maximum Gasteiger partial charge on any atom is 0.342 e. The SMILES string of the molecule is CNC(=O)c1ccc(NC(=O)COC(=O)c2ccccc2OC)cc1. The van der Waals surface area contributed by atoms with E-state index in [1.54, 1.807) is 48.5 Å². The largest absolute Gasteiger partial charge is 0.496 e. The molecule has 0 aromatic heterocycles. The Bertz CT molecular complexity index is 771. The third kappa shape index (κ3) is 4.81. The summed E-state index contributed by atoms with van der Waals surface area (Å²) in [6.45, 7) is -0.436. The third-order valence-corrected chi connectivity index (χ3v) is 3.32. The average Bonchev–Trinajstić information content (AvgIpc) is 2.66. The Balaban J connectivity index is 1.90. The van der Waals surface area contributed by atoms with Crippen LogP contribution in [0.5, 0.6) is 5.75 Å². The molecule has 0 bridgehead atoms. The molecule has 0 unspecified atom stereocenters. The molecule has 0 aliphatic rings. The Kier molecular flexibility index (Phi) is 6.11. The molecule has 25 heavy (non-hydrogen) atoms. The first kappa shape index (κ1) is 18.0. The molecule has 0 saturated heterocycles. The monoisotopic (exact) mass is 342 g/mol. The van der Waals surface area contributed by atoms with Crippen LogP contribution in [0.2, 0.25) is 0 Å². The number of hydrogen-bond donors (Lipinski definition) is 2. The zero-order chi connectivity index (χ0) is 18.2. The molecule has 7 heteroatoms. The molecule has 0 fully saturated rings. The van der Waals surface area contributed by atoms with Crippen LogP contribution < -0.4 is 15.4 Å². The van der Waals surface area contributed by atoms with Crippen molar-refractivity contribution in [3.63, 3.8) is 0 Å². The van der Waals surface area contributed by atoms with E-state index in [-0.39, 0.29) is 11.5 Å². The van der Waals surface area contributed by atoms with Crippen LogP contribution in [0.4, 0.5) is 5.69 Å². The van der Waals surface area contributed by atoms with Crippen molar-refractivity contribution in [2.45, 2.75) is 0 Å². The molecule has 2 amide bonds. The van der Waals surface area contributed by atoms with Crippen molar-refractivity contribution in [3.8, 4) is 5.75 Å². The minimum atomic E-state index is -0.650. The number of methoxy groups -OCH3 is 1. The Morgan fingerprint density at radius 2 is 1.68 bits per heavy atom. The summed E-state index contributed by atoms with van der Waals surface area (Å²) in [5.74, 6) is -0.986. The maximum atomic E-state index is 12.0. The van der Waals surface area contributed by atoms with E-state index in [9.17, 15) is 14.4 Å². The standard InChI is InChI=1S/C18H18N2O5/c1-19-17(22)12-7-9-13(10-8-12)20-16(21)11-25-18(23)14-5-3-4-6-15(14)24-2/h3-10H,11H2,1-2H3,(H,19,22)(H,20,21). The number of anilines is 1. The molecule has 0 aliphatic carbocycles. The van der Waals surface area contributed by atoms with Gasteiger partial charge >= 0.3 is 5.97 Å². The molecule has 0 saturated carbocycles. The van der Waals surface area contributed by atoms with E-state index < -0.39 is 18.5 Å². The number of para-hydroxylation sites is 1. The van der Waals surface area contributed by atoms with Crippen LogP contribution in [0.15, 0.2) is 48.5 Å². The molecule has 0 spiro atoms. The molecule has 0 atom stereocenters. The predicted molar refractivity (Wildman–Crippen MR) is 91.7 cm³/mol. The van der Waals surface area contributed by atoms with Gasteiger partial charge in [-0.2, -0.15) is 0 Å². The highest BCUT2D eigenvalue weighted by atomic mass is 16.5. The Morgan fingerprint density at radius 1 is 1.00 bits per heavy atom. The molecule has 2 aromatic carbocycles. The number of carbonyl (C=O) groups is 3. The minimum absolute atomic E-state index is 0.219. The highest BCUT2D eigenvalue weighted by molar-refractivity contribution is 5.97. The summed E-state index contributed by atoms with van der Waals surface area (Å²) < 4.78 is 10.1. The third-order valence-electron chi connectivity index (χ3n) is 3.32. The molecule has 0 heterocycles. The van der Waals surface area contributed by atoms with Crippen LogP contribution in [0.1, 0.15) is 20.7 Å². The molecule has 2 aromatic rings. The first-order chi connectivity index (χ1) is 12.0. The van der Waals surface area contributed by atoms with Gasteiger partial charge in [-0.05, 0) is 36.4 Å². The van der Waals surface area contributed by atoms with Crippen molar-refractivity contribution in [1.82, 2.24) is 5.32 Å². The minimum Gasteiger partial charge on any atom is -0.496 e. The highest BCUT2D eigenvalue weighted by Crippen LogP contribution is 2.18. The molecular formula is C18H18N2O5. The number of hydrogen-bond acceptors (Lipinski definition) is 5. The van der Waals surface area contributed by atoms with Crippen LogP contribution >= 0.6 is 0 Å². The molecule has 7 nitrogen and oxygen atoms in total. The van der Waals surface area contributed by atoms with E-state index in [0.29, 0.717) is 17.0 Å². The number of carbonyl (C=O) groups excluding carboxylic acids is 3. The summed E-state index contributed by atoms with van der Waals surface area (Å²) in [6, 6.07) is 12.9. The lowest BCUT2D eigenvalue weighted by molar-refractivity contribution is -0.119. The lowest BCUT2D eigenvalue weighted by atomic mass is 10.2. The van der Waals surface area contributed by atoms with Crippen LogP contribution in [0.3, 0.4) is 0 Å². The topological polar surface area (TPSA) is 93.7 Å². The lowest BCUT2D eigenvalue weighted by Crippen LogP contribution is -2.21. The van der Waals surface area contributed by atoms with Crippen LogP contribution in [0, 0.1) is 0 Å². The van der Waals surface area contributed by atoms with E-state index in [0.717, 1.165) is 0 Å². The fourth-order valence-corrected chi connectivity index (χ4v) is 2.07. The van der Waals surface area contributed by atoms with Gasteiger partial charge in [-0.15, -0.1) is 0 Å². The van der Waals surface area contributed by atoms with Gasteiger partial charge in [-0.1, -0.05) is 12.1 Å². The number of esters is 1. The molecule has 2 N–H and O–H groups in total. The van der Waals surface area contributed by atoms with Gasteiger partial charge in [-0.25, -0.2) is 4.79 Å². The fourth-order valence-electron chi connectivity index (χ4n) is 2.07. The molecular weight excluding hydrogens is 324 g/mol. The van der Waals surface area contributed by atoms with Crippen molar-refractivity contribution in [3.05, 3.63) is 59.7 Å². The van der Waals surface area contributed by atoms with E-state index in [1.807, 2.05) is 0 Å². The second-order valence-corrected chi connectivity index (χ2v) is 4.98. The van der Waals surface area contributed by atoms with Crippen molar-refractivity contribution < 1.29 is 23.9 Å². The zero-order valence-electron chi connectivity index (χ0n) is 13.9. The normalized spacial score (nSPS) is 9.84. The summed E-state index contributed by atoms with van der Waals surface area (Å²) in [6.07, 6.45) is 0. The van der Waals surface area contributed by atoms with Crippen molar-refractivity contribution in [2.75, 3.05) is 26.1 Å². The molecule has 2 rings (SSSR count). The van der Waals surface area contributed by atoms with Crippen molar-refractivity contribution >= 4 is 23.5 Å². The highest BCUT2D eigenvalue weighted by Gasteiger charge is 2.14. The summed E-state index contributed by atoms with van der Waals surface area (Å²) in [4.78, 5) is 35.3. The first-order valence-corrected chi connectivity index (χ1v) is 7.47. The van der Waals surface area contributed by atoms with Crippen LogP contribution in [-0.4, -0.2) is 38.5 Å². The summed E-state index contributed by atoms with van der Waals surface area (Å²) in [7, 11) is 2.98. The molecule has 0 aliphatic heterocycles. The smallest absolute Gasteiger partial charge is 0.342 e. The number of ether oxygens (including phenoxy) is 2. The van der Waals surface area contributed by atoms with Gasteiger partial charge in [-0.3, -0.25) is 9.59 Å². The van der Waals surface area contributed by atoms with Gasteiger partial charge < -0.3 is 20.1 Å². The van der Waals surface area contributed by atoms with Crippen LogP contribution in [0.25, 0.3) is 0 Å². The Hall–Kier alpha value is -3.35. The number of nitrogens with one attached hydrogen (secondary N) is 2. The van der Waals surface area contributed by atoms with Crippen molar-refractivity contribution in [2.24, 2.45) is 0 Å². The van der Waals surface area contributed by atoms with Gasteiger partial charge in [0.05, 0.1) is 7.11 Å². The van der Waals surface area contributed by atoms with Gasteiger partial charge in [0.15, 0.2) is 6.61 Å². The second-order valence-electron chi connectivity index (χ2n) is 4.98. The zero-order valence-corrected chi connectivity index (χ0v) is 13.9. The average molecular weight is 342 g/mol. The number of benzene rings is 2. The molecule has 0 radical (unpaired) electrons. The van der Waals surface area contributed by atoms with Crippen molar-refractivity contribution in [1.29, 1.82) is 0 Å². The van der Waals surface area contributed by atoms with Gasteiger partial charge in [0.1, 0.15) is 11.3 Å². The first-order valence-electron chi connectivity index (χ1n) is 7.47. The maximum absolute atomic E-state index is 12.0. The van der Waals surface area contributed by atoms with Crippen LogP contribution in [-0.2, 0) is 9.53 Å². The summed E-state index contributed by atoms with van der Waals surface area (Å²) >= 11 is 0. The van der Waals surface area contributed by atoms with E-state index >= 15 is 0 Å². The van der Waals surface area contributed by atoms with E-state index in [4.69, 9.17) is 9.47 Å². The molecule has 130 valence electrons.